The molecule has 0 aliphatic rings. The van der Waals surface area contributed by atoms with Crippen LogP contribution in [0.4, 0.5) is 0 Å². The van der Waals surface area contributed by atoms with Crippen LogP contribution in [0, 0.1) is 0 Å². The van der Waals surface area contributed by atoms with Crippen LogP contribution in [0.1, 0.15) is 22.3 Å². The predicted molar refractivity (Wildman–Crippen MR) is 76.6 cm³/mol. The van der Waals surface area contributed by atoms with Gasteiger partial charge in [0.2, 0.25) is 0 Å². The van der Waals surface area contributed by atoms with Gasteiger partial charge in [0.15, 0.2) is 0 Å². The van der Waals surface area contributed by atoms with Crippen LogP contribution >= 0.6 is 0 Å². The van der Waals surface area contributed by atoms with Gasteiger partial charge in [-0.05, 0) is 22.3 Å². The molecule has 0 saturated carbocycles. The van der Waals surface area contributed by atoms with E-state index >= 15 is 0 Å². The molecule has 0 aromatic heterocycles. The maximum absolute atomic E-state index is 8.64. The summed E-state index contributed by atoms with van der Waals surface area (Å²) in [6.07, 6.45) is 0. The van der Waals surface area contributed by atoms with Gasteiger partial charge in [0.05, 0.1) is 26.4 Å². The van der Waals surface area contributed by atoms with E-state index in [9.17, 15) is 0 Å². The Morgan fingerprint density at radius 2 is 0.571 bits per heavy atom. The molecule has 5 heteroatoms. The van der Waals surface area contributed by atoms with Crippen molar-refractivity contribution in [3.05, 3.63) is 70.8 Å². The van der Waals surface area contributed by atoms with E-state index in [1.54, 1.807) is 48.5 Å². The third-order valence-electron chi connectivity index (χ3n) is 2.78. The molecular formula is C16H20O4Ti. The molecule has 0 fully saturated rings. The average Bonchev–Trinajstić information content (AvgIpc) is 2.55. The van der Waals surface area contributed by atoms with E-state index in [2.05, 4.69) is 0 Å². The van der Waals surface area contributed by atoms with Crippen LogP contribution in [0.5, 0.6) is 0 Å². The van der Waals surface area contributed by atoms with Gasteiger partial charge in [-0.3, -0.25) is 0 Å². The van der Waals surface area contributed by atoms with Crippen LogP contribution in [0.15, 0.2) is 48.5 Å². The van der Waals surface area contributed by atoms with E-state index in [0.29, 0.717) is 0 Å². The summed E-state index contributed by atoms with van der Waals surface area (Å²) in [6, 6.07) is 14.4. The Bertz CT molecular complexity index is 389. The fourth-order valence-electron chi connectivity index (χ4n) is 1.50. The molecule has 0 atom stereocenters. The summed E-state index contributed by atoms with van der Waals surface area (Å²) in [7, 11) is 0. The van der Waals surface area contributed by atoms with Gasteiger partial charge in [0.25, 0.3) is 0 Å². The largest absolute Gasteiger partial charge is 0.392 e. The van der Waals surface area contributed by atoms with E-state index in [4.69, 9.17) is 20.4 Å². The summed E-state index contributed by atoms with van der Waals surface area (Å²) in [5.74, 6) is 0. The van der Waals surface area contributed by atoms with Crippen molar-refractivity contribution in [3.8, 4) is 0 Å². The second-order valence-corrected chi connectivity index (χ2v) is 4.27. The van der Waals surface area contributed by atoms with Gasteiger partial charge in [0, 0.05) is 21.7 Å². The zero-order valence-corrected chi connectivity index (χ0v) is 13.3. The number of aliphatic hydroxyl groups is 4. The Hall–Kier alpha value is -1.01. The predicted octanol–water partition coefficient (Wildman–Crippen LogP) is 1.34. The van der Waals surface area contributed by atoms with E-state index < -0.39 is 0 Å². The fraction of sp³-hybridized carbons (Fsp3) is 0.250. The van der Waals surface area contributed by atoms with Crippen molar-refractivity contribution >= 4 is 0 Å². The Kier molecular flexibility index (Phi) is 11.1. The van der Waals surface area contributed by atoms with Gasteiger partial charge in [-0.1, -0.05) is 48.5 Å². The van der Waals surface area contributed by atoms with E-state index in [1.807, 2.05) is 0 Å². The molecule has 112 valence electrons. The van der Waals surface area contributed by atoms with Gasteiger partial charge in [-0.15, -0.1) is 0 Å². The minimum Gasteiger partial charge on any atom is -0.392 e. The molecule has 4 N–H and O–H groups in total. The minimum absolute atomic E-state index is 0. The molecule has 0 unspecified atom stereocenters. The molecule has 0 radical (unpaired) electrons. The summed E-state index contributed by atoms with van der Waals surface area (Å²) in [5.41, 5.74) is 3.49. The topological polar surface area (TPSA) is 80.9 Å². The third kappa shape index (κ3) is 7.53. The number of aliphatic hydroxyl groups excluding tert-OH is 4. The SMILES string of the molecule is OCc1ccc(CO)cc1.OCc1ccc(CO)cc1.[Ti]. The molecule has 0 aliphatic carbocycles. The molecule has 0 spiro atoms. The van der Waals surface area contributed by atoms with Crippen molar-refractivity contribution in [2.75, 3.05) is 0 Å². The second kappa shape index (κ2) is 11.6. The van der Waals surface area contributed by atoms with Crippen LogP contribution in [-0.2, 0) is 48.1 Å². The molecule has 21 heavy (non-hydrogen) atoms. The number of rotatable bonds is 4. The Balaban J connectivity index is 0.000000364. The first kappa shape index (κ1) is 20.0. The minimum atomic E-state index is 0. The summed E-state index contributed by atoms with van der Waals surface area (Å²) in [4.78, 5) is 0. The Morgan fingerprint density at radius 3 is 0.667 bits per heavy atom. The van der Waals surface area contributed by atoms with Crippen LogP contribution in [0.2, 0.25) is 0 Å². The van der Waals surface area contributed by atoms with Crippen LogP contribution in [0.25, 0.3) is 0 Å². The zero-order chi connectivity index (χ0) is 14.8. The first-order valence-electron chi connectivity index (χ1n) is 6.32. The maximum atomic E-state index is 8.64. The molecule has 0 saturated heterocycles. The monoisotopic (exact) mass is 324 g/mol. The van der Waals surface area contributed by atoms with Crippen molar-refractivity contribution in [1.82, 2.24) is 0 Å². The molecule has 2 aromatic carbocycles. The molecular weight excluding hydrogens is 304 g/mol. The average molecular weight is 324 g/mol. The van der Waals surface area contributed by atoms with Crippen LogP contribution in [0.3, 0.4) is 0 Å². The van der Waals surface area contributed by atoms with Crippen molar-refractivity contribution in [2.45, 2.75) is 26.4 Å². The van der Waals surface area contributed by atoms with E-state index in [0.717, 1.165) is 22.3 Å². The third-order valence-corrected chi connectivity index (χ3v) is 2.78. The standard InChI is InChI=1S/2C8H10O2.Ti/c2*9-5-7-1-2-8(6-10)4-3-7;/h2*1-4,9-10H,5-6H2;. The summed E-state index contributed by atoms with van der Waals surface area (Å²) in [5, 5.41) is 34.6. The van der Waals surface area contributed by atoms with E-state index in [-0.39, 0.29) is 48.1 Å². The Labute approximate surface area is 139 Å². The molecule has 2 rings (SSSR count). The smallest absolute Gasteiger partial charge is 0.0681 e. The first-order chi connectivity index (χ1) is 9.73. The van der Waals surface area contributed by atoms with Crippen molar-refractivity contribution in [2.24, 2.45) is 0 Å². The van der Waals surface area contributed by atoms with E-state index in [1.165, 1.54) is 0 Å². The normalized spacial score (nSPS) is 9.33. The first-order valence-corrected chi connectivity index (χ1v) is 6.32. The number of hydrogen-bond acceptors (Lipinski definition) is 4. The number of benzene rings is 2. The Morgan fingerprint density at radius 1 is 0.429 bits per heavy atom. The van der Waals surface area contributed by atoms with Crippen molar-refractivity contribution < 1.29 is 42.1 Å². The van der Waals surface area contributed by atoms with Gasteiger partial charge in [0.1, 0.15) is 0 Å². The maximum Gasteiger partial charge on any atom is 0.0681 e. The van der Waals surface area contributed by atoms with Gasteiger partial charge < -0.3 is 20.4 Å². The molecule has 0 bridgehead atoms. The fourth-order valence-corrected chi connectivity index (χ4v) is 1.50. The van der Waals surface area contributed by atoms with Crippen LogP contribution < -0.4 is 0 Å². The summed E-state index contributed by atoms with van der Waals surface area (Å²) < 4.78 is 0. The molecule has 2 aromatic rings. The van der Waals surface area contributed by atoms with Gasteiger partial charge >= 0.3 is 0 Å². The van der Waals surface area contributed by atoms with Crippen molar-refractivity contribution in [1.29, 1.82) is 0 Å². The molecule has 0 heterocycles. The molecule has 0 amide bonds. The van der Waals surface area contributed by atoms with Crippen molar-refractivity contribution in [3.63, 3.8) is 0 Å². The zero-order valence-electron chi connectivity index (χ0n) is 11.7. The quantitative estimate of drug-likeness (QED) is 0.640. The number of hydrogen-bond donors (Lipinski definition) is 4. The van der Waals surface area contributed by atoms with Gasteiger partial charge in [-0.2, -0.15) is 0 Å². The summed E-state index contributed by atoms with van der Waals surface area (Å²) >= 11 is 0. The molecule has 4 nitrogen and oxygen atoms in total. The van der Waals surface area contributed by atoms with Gasteiger partial charge in [-0.25, -0.2) is 0 Å². The second-order valence-electron chi connectivity index (χ2n) is 4.27. The summed E-state index contributed by atoms with van der Waals surface area (Å²) in [6.45, 7) is 0.245. The van der Waals surface area contributed by atoms with Crippen LogP contribution in [-0.4, -0.2) is 20.4 Å². The molecule has 0 aliphatic heterocycles.